The van der Waals surface area contributed by atoms with Gasteiger partial charge in [-0.15, -0.1) is 0 Å². The molecule has 33 heavy (non-hydrogen) atoms. The summed E-state index contributed by atoms with van der Waals surface area (Å²) in [6.45, 7) is 12.3. The molecule has 1 heterocycles. The predicted molar refractivity (Wildman–Crippen MR) is 135 cm³/mol. The van der Waals surface area contributed by atoms with E-state index in [4.69, 9.17) is 0 Å². The van der Waals surface area contributed by atoms with E-state index in [0.717, 1.165) is 39.1 Å². The monoisotopic (exact) mass is 438 g/mol. The lowest BCUT2D eigenvalue weighted by Crippen LogP contribution is -2.32. The van der Waals surface area contributed by atoms with Crippen LogP contribution in [0.25, 0.3) is 5.57 Å². The van der Waals surface area contributed by atoms with E-state index in [9.17, 15) is 9.59 Å². The van der Waals surface area contributed by atoms with Crippen LogP contribution in [0.3, 0.4) is 0 Å². The van der Waals surface area contributed by atoms with E-state index in [1.165, 1.54) is 4.90 Å². The van der Waals surface area contributed by atoms with Crippen molar-refractivity contribution < 1.29 is 9.59 Å². The van der Waals surface area contributed by atoms with Gasteiger partial charge in [0.1, 0.15) is 5.70 Å². The van der Waals surface area contributed by atoms with E-state index in [-0.39, 0.29) is 11.8 Å². The Morgan fingerprint density at radius 2 is 1.48 bits per heavy atom. The van der Waals surface area contributed by atoms with E-state index in [0.29, 0.717) is 22.9 Å². The molecule has 4 nitrogen and oxygen atoms in total. The van der Waals surface area contributed by atoms with Crippen LogP contribution in [0.5, 0.6) is 0 Å². The highest BCUT2D eigenvalue weighted by Gasteiger charge is 2.40. The van der Waals surface area contributed by atoms with Crippen molar-refractivity contribution in [2.75, 3.05) is 10.2 Å². The normalized spacial score (nSPS) is 14.0. The van der Waals surface area contributed by atoms with Gasteiger partial charge in [-0.25, -0.2) is 4.90 Å². The lowest BCUT2D eigenvalue weighted by Gasteiger charge is -2.17. The van der Waals surface area contributed by atoms with Gasteiger partial charge in [-0.1, -0.05) is 61.9 Å². The maximum absolute atomic E-state index is 13.7. The minimum atomic E-state index is -0.340. The van der Waals surface area contributed by atoms with Gasteiger partial charge in [0.15, 0.2) is 0 Å². The highest BCUT2D eigenvalue weighted by molar-refractivity contribution is 6.46. The zero-order valence-corrected chi connectivity index (χ0v) is 20.1. The summed E-state index contributed by atoms with van der Waals surface area (Å²) in [5, 5.41) is 3.32. The number of carbonyl (C=O) groups excluding carboxylic acids is 2. The van der Waals surface area contributed by atoms with Gasteiger partial charge in [0.2, 0.25) is 0 Å². The van der Waals surface area contributed by atoms with E-state index < -0.39 is 0 Å². The first-order valence-electron chi connectivity index (χ1n) is 11.3. The van der Waals surface area contributed by atoms with Crippen molar-refractivity contribution in [2.45, 2.75) is 47.5 Å². The maximum Gasteiger partial charge on any atom is 0.282 e. The highest BCUT2D eigenvalue weighted by atomic mass is 16.2. The van der Waals surface area contributed by atoms with Crippen LogP contribution in [-0.4, -0.2) is 11.8 Å². The Bertz CT molecular complexity index is 1280. The molecule has 3 aromatic carbocycles. The fourth-order valence-corrected chi connectivity index (χ4v) is 4.25. The van der Waals surface area contributed by atoms with Gasteiger partial charge in [0, 0.05) is 5.69 Å². The summed E-state index contributed by atoms with van der Waals surface area (Å²) in [4.78, 5) is 28.7. The molecule has 4 heteroatoms. The fourth-order valence-electron chi connectivity index (χ4n) is 4.25. The third kappa shape index (κ3) is 4.09. The molecule has 0 radical (unpaired) electrons. The van der Waals surface area contributed by atoms with Crippen LogP contribution in [0.15, 0.2) is 66.4 Å². The number of carbonyl (C=O) groups is 2. The quantitative estimate of drug-likeness (QED) is 0.466. The Morgan fingerprint density at radius 3 is 2.12 bits per heavy atom. The van der Waals surface area contributed by atoms with Gasteiger partial charge in [-0.3, -0.25) is 9.59 Å². The molecule has 4 rings (SSSR count). The van der Waals surface area contributed by atoms with Gasteiger partial charge in [-0.05, 0) is 79.6 Å². The predicted octanol–water partition coefficient (Wildman–Crippen LogP) is 6.44. The van der Waals surface area contributed by atoms with Crippen LogP contribution in [0.2, 0.25) is 0 Å². The summed E-state index contributed by atoms with van der Waals surface area (Å²) in [6.07, 6.45) is 0. The molecule has 0 fully saturated rings. The molecule has 168 valence electrons. The van der Waals surface area contributed by atoms with Crippen LogP contribution in [0.4, 0.5) is 11.4 Å². The van der Waals surface area contributed by atoms with Crippen LogP contribution >= 0.6 is 0 Å². The highest BCUT2D eigenvalue weighted by Crippen LogP contribution is 2.36. The van der Waals surface area contributed by atoms with Crippen molar-refractivity contribution in [3.05, 3.63) is 99.7 Å². The Kier molecular flexibility index (Phi) is 5.94. The van der Waals surface area contributed by atoms with E-state index in [1.807, 2.05) is 88.4 Å². The molecule has 0 unspecified atom stereocenters. The van der Waals surface area contributed by atoms with Crippen LogP contribution < -0.4 is 10.2 Å². The topological polar surface area (TPSA) is 49.4 Å². The molecular weight excluding hydrogens is 408 g/mol. The molecule has 0 spiro atoms. The molecular formula is C29H30N2O2. The van der Waals surface area contributed by atoms with E-state index >= 15 is 0 Å². The first kappa shape index (κ1) is 22.5. The summed E-state index contributed by atoms with van der Waals surface area (Å²) >= 11 is 0. The average molecular weight is 439 g/mol. The number of benzene rings is 3. The van der Waals surface area contributed by atoms with Gasteiger partial charge in [0.05, 0.1) is 11.3 Å². The first-order chi connectivity index (χ1) is 15.7. The Balaban J connectivity index is 1.85. The van der Waals surface area contributed by atoms with Crippen LogP contribution in [0.1, 0.15) is 53.1 Å². The number of hydrogen-bond donors (Lipinski definition) is 1. The molecule has 0 saturated heterocycles. The second-order valence-corrected chi connectivity index (χ2v) is 9.13. The van der Waals surface area contributed by atoms with Crippen molar-refractivity contribution in [1.82, 2.24) is 0 Å². The van der Waals surface area contributed by atoms with Crippen LogP contribution in [0, 0.1) is 27.7 Å². The van der Waals surface area contributed by atoms with Crippen molar-refractivity contribution >= 4 is 28.8 Å². The molecule has 2 amide bonds. The number of nitrogens with zero attached hydrogens (tertiary/aromatic N) is 1. The SMILES string of the molecule is Cc1ccc(C2=C(Nc3cccc(C)c3C)C(=O)N(c3ccc(C(C)C)cc3)C2=O)c(C)c1. The largest absolute Gasteiger partial charge is 0.350 e. The molecule has 1 aliphatic rings. The number of anilines is 2. The second kappa shape index (κ2) is 8.70. The van der Waals surface area contributed by atoms with Crippen molar-refractivity contribution in [3.63, 3.8) is 0 Å². The molecule has 3 aromatic rings. The Labute approximate surface area is 195 Å². The third-order valence-electron chi connectivity index (χ3n) is 6.42. The maximum atomic E-state index is 13.7. The molecule has 0 saturated carbocycles. The molecule has 1 aliphatic heterocycles. The summed E-state index contributed by atoms with van der Waals surface area (Å²) in [5.74, 6) is -0.278. The lowest BCUT2D eigenvalue weighted by atomic mass is 9.97. The summed E-state index contributed by atoms with van der Waals surface area (Å²) in [5.41, 5.74) is 8.29. The minimum absolute atomic E-state index is 0.308. The molecule has 0 bridgehead atoms. The van der Waals surface area contributed by atoms with Gasteiger partial charge in [-0.2, -0.15) is 0 Å². The van der Waals surface area contributed by atoms with E-state index in [2.05, 4.69) is 19.2 Å². The fraction of sp³-hybridized carbons (Fsp3) is 0.241. The van der Waals surface area contributed by atoms with Crippen molar-refractivity contribution in [2.24, 2.45) is 0 Å². The summed E-state index contributed by atoms with van der Waals surface area (Å²) < 4.78 is 0. The second-order valence-electron chi connectivity index (χ2n) is 9.13. The first-order valence-corrected chi connectivity index (χ1v) is 11.3. The lowest BCUT2D eigenvalue weighted by molar-refractivity contribution is -0.120. The number of hydrogen-bond acceptors (Lipinski definition) is 3. The molecule has 1 N–H and O–H groups in total. The summed E-state index contributed by atoms with van der Waals surface area (Å²) in [7, 11) is 0. The number of imide groups is 1. The van der Waals surface area contributed by atoms with Crippen molar-refractivity contribution in [1.29, 1.82) is 0 Å². The zero-order valence-electron chi connectivity index (χ0n) is 20.1. The number of aryl methyl sites for hydroxylation is 3. The standard InChI is InChI=1S/C29H30N2O2/c1-17(2)22-11-13-23(14-12-22)31-28(32)26(24-15-10-18(3)16-20(24)5)27(29(31)33)30-25-9-7-8-19(4)21(25)6/h7-17,30H,1-6H3. The van der Waals surface area contributed by atoms with Gasteiger partial charge < -0.3 is 5.32 Å². The summed E-state index contributed by atoms with van der Waals surface area (Å²) in [6, 6.07) is 19.5. The Hall–Kier alpha value is -3.66. The third-order valence-corrected chi connectivity index (χ3v) is 6.42. The molecule has 0 aliphatic carbocycles. The molecule has 0 aromatic heterocycles. The minimum Gasteiger partial charge on any atom is -0.350 e. The average Bonchev–Trinajstić information content (AvgIpc) is 3.01. The zero-order chi connectivity index (χ0) is 23.9. The smallest absolute Gasteiger partial charge is 0.282 e. The van der Waals surface area contributed by atoms with E-state index in [1.54, 1.807) is 0 Å². The van der Waals surface area contributed by atoms with Crippen molar-refractivity contribution in [3.8, 4) is 0 Å². The van der Waals surface area contributed by atoms with Gasteiger partial charge >= 0.3 is 0 Å². The molecule has 0 atom stereocenters. The Morgan fingerprint density at radius 1 is 0.788 bits per heavy atom. The number of amides is 2. The van der Waals surface area contributed by atoms with Crippen LogP contribution in [-0.2, 0) is 9.59 Å². The number of nitrogens with one attached hydrogen (secondary N) is 1. The van der Waals surface area contributed by atoms with Gasteiger partial charge in [0.25, 0.3) is 11.8 Å². The number of rotatable bonds is 5.